The molecule has 0 amide bonds. The number of likely N-dealkylation sites (N-methyl/N-ethyl adjacent to an activating group) is 1. The zero-order chi connectivity index (χ0) is 19.3. The first-order chi connectivity index (χ1) is 13.6. The molecule has 0 bridgehead atoms. The van der Waals surface area contributed by atoms with Crippen molar-refractivity contribution in [3.8, 4) is 0 Å². The molecule has 4 aliphatic rings. The molecule has 150 valence electrons. The van der Waals surface area contributed by atoms with Gasteiger partial charge in [0, 0.05) is 13.5 Å². The first-order valence-corrected chi connectivity index (χ1v) is 12.7. The number of hydrogen-bond donors (Lipinski definition) is 0. The van der Waals surface area contributed by atoms with Crippen LogP contribution in [0.3, 0.4) is 0 Å². The molecule has 4 heteroatoms. The molecular formula is C24H32NO2P. The molecule has 3 fully saturated rings. The summed E-state index contributed by atoms with van der Waals surface area (Å²) in [6.07, 6.45) is 10.8. The van der Waals surface area contributed by atoms with Crippen molar-refractivity contribution in [2.75, 3.05) is 7.05 Å². The van der Waals surface area contributed by atoms with E-state index in [1.54, 1.807) is 11.1 Å². The van der Waals surface area contributed by atoms with Crippen LogP contribution in [-0.2, 0) is 4.52 Å². The van der Waals surface area contributed by atoms with Gasteiger partial charge < -0.3 is 4.89 Å². The van der Waals surface area contributed by atoms with Crippen LogP contribution in [0, 0.1) is 5.92 Å². The molecule has 1 saturated heterocycles. The van der Waals surface area contributed by atoms with E-state index in [0.29, 0.717) is 5.92 Å². The molecular weight excluding hydrogens is 365 g/mol. The Hall–Kier alpha value is -0.990. The Labute approximate surface area is 170 Å². The summed E-state index contributed by atoms with van der Waals surface area (Å²) in [4.78, 5) is 14.4. The van der Waals surface area contributed by atoms with E-state index in [4.69, 9.17) is 4.52 Å². The lowest BCUT2D eigenvalue weighted by molar-refractivity contribution is -0.197. The molecule has 5 rings (SSSR count). The zero-order valence-corrected chi connectivity index (χ0v) is 18.1. The molecule has 1 aliphatic heterocycles. The fraction of sp³-hybridized carbons (Fsp3) is 0.583. The predicted octanol–water partition coefficient (Wildman–Crippen LogP) is 5.92. The van der Waals surface area contributed by atoms with Gasteiger partial charge in [-0.25, -0.2) is 4.52 Å². The molecule has 4 atom stereocenters. The number of allylic oxidation sites excluding steroid dienone is 4. The summed E-state index contributed by atoms with van der Waals surface area (Å²) < 4.78 is 8.61. The van der Waals surface area contributed by atoms with E-state index in [9.17, 15) is 4.89 Å². The Morgan fingerprint density at radius 3 is 2.50 bits per heavy atom. The lowest BCUT2D eigenvalue weighted by Gasteiger charge is -2.41. The third kappa shape index (κ3) is 2.94. The van der Waals surface area contributed by atoms with Crippen LogP contribution in [0.25, 0.3) is 0 Å². The second-order valence-corrected chi connectivity index (χ2v) is 11.5. The Kier molecular flexibility index (Phi) is 5.00. The number of benzene rings is 1. The normalized spacial score (nSPS) is 36.5. The molecule has 3 aliphatic carbocycles. The van der Waals surface area contributed by atoms with Crippen molar-refractivity contribution in [2.45, 2.75) is 76.9 Å². The van der Waals surface area contributed by atoms with Crippen molar-refractivity contribution in [3.63, 3.8) is 0 Å². The first kappa shape index (κ1) is 19.0. The smallest absolute Gasteiger partial charge is 0.205 e. The monoisotopic (exact) mass is 397 g/mol. The highest BCUT2D eigenvalue weighted by molar-refractivity contribution is 7.66. The lowest BCUT2D eigenvalue weighted by Crippen LogP contribution is -2.32. The molecule has 1 aromatic carbocycles. The van der Waals surface area contributed by atoms with Gasteiger partial charge in [0.1, 0.15) is 11.4 Å². The van der Waals surface area contributed by atoms with Crippen LogP contribution < -0.4 is 4.89 Å². The molecule has 2 saturated carbocycles. The van der Waals surface area contributed by atoms with Crippen LogP contribution in [0.2, 0.25) is 0 Å². The summed E-state index contributed by atoms with van der Waals surface area (Å²) in [7, 11) is -0.970. The van der Waals surface area contributed by atoms with Crippen LogP contribution in [-0.4, -0.2) is 17.8 Å². The highest BCUT2D eigenvalue weighted by Gasteiger charge is 2.56. The molecule has 28 heavy (non-hydrogen) atoms. The maximum absolute atomic E-state index is 14.4. The third-order valence-corrected chi connectivity index (χ3v) is 10.4. The quantitative estimate of drug-likeness (QED) is 0.581. The molecule has 1 aromatic rings. The average Bonchev–Trinajstić information content (AvgIpc) is 2.99. The van der Waals surface area contributed by atoms with Gasteiger partial charge in [-0.1, -0.05) is 42.3 Å². The Morgan fingerprint density at radius 1 is 1.00 bits per heavy atom. The van der Waals surface area contributed by atoms with Crippen molar-refractivity contribution in [3.05, 3.63) is 57.9 Å². The summed E-state index contributed by atoms with van der Waals surface area (Å²) in [6, 6.07) is 10.5. The minimum Gasteiger partial charge on any atom is -0.637 e. The number of nitrogens with zero attached hydrogens (tertiary/aromatic N) is 1. The first-order valence-electron chi connectivity index (χ1n) is 11.1. The van der Waals surface area contributed by atoms with Gasteiger partial charge in [-0.3, -0.25) is 0 Å². The van der Waals surface area contributed by atoms with Crippen LogP contribution in [0.15, 0.2) is 52.4 Å². The van der Waals surface area contributed by atoms with Crippen molar-refractivity contribution in [1.82, 2.24) is 4.67 Å². The van der Waals surface area contributed by atoms with E-state index in [2.05, 4.69) is 23.7 Å². The minimum atomic E-state index is -2.99. The molecule has 1 unspecified atom stereocenters. The van der Waals surface area contributed by atoms with Gasteiger partial charge in [-0.05, 0) is 74.5 Å². The summed E-state index contributed by atoms with van der Waals surface area (Å²) >= 11 is 0. The fourth-order valence-corrected chi connectivity index (χ4v) is 8.82. The maximum Gasteiger partial charge on any atom is 0.205 e. The van der Waals surface area contributed by atoms with Crippen LogP contribution in [0.4, 0.5) is 0 Å². The van der Waals surface area contributed by atoms with Gasteiger partial charge in [0.15, 0.2) is 0 Å². The summed E-state index contributed by atoms with van der Waals surface area (Å²) in [5.41, 5.74) is 5.86. The van der Waals surface area contributed by atoms with Gasteiger partial charge in [0.25, 0.3) is 0 Å². The van der Waals surface area contributed by atoms with E-state index >= 15 is 0 Å². The largest absolute Gasteiger partial charge is 0.637 e. The zero-order valence-electron chi connectivity index (χ0n) is 17.2. The van der Waals surface area contributed by atoms with Gasteiger partial charge in [0.05, 0.1) is 6.04 Å². The SMILES string of the molecule is C[C@H]1[C@@H](c2ccccc2)O[P+]([O-])(C2=C3CCCCC3=C3CCCC[C@@H]3C2)N1C. The second-order valence-electron chi connectivity index (χ2n) is 9.05. The van der Waals surface area contributed by atoms with Crippen LogP contribution in [0.1, 0.15) is 76.4 Å². The van der Waals surface area contributed by atoms with Crippen LogP contribution >= 0.6 is 7.87 Å². The number of rotatable bonds is 2. The van der Waals surface area contributed by atoms with Gasteiger partial charge >= 0.3 is 0 Å². The van der Waals surface area contributed by atoms with Gasteiger partial charge in [-0.15, -0.1) is 0 Å². The Balaban J connectivity index is 1.57. The van der Waals surface area contributed by atoms with E-state index < -0.39 is 7.87 Å². The molecule has 1 heterocycles. The van der Waals surface area contributed by atoms with Crippen molar-refractivity contribution in [1.29, 1.82) is 0 Å². The molecule has 0 radical (unpaired) electrons. The maximum atomic E-state index is 14.4. The van der Waals surface area contributed by atoms with Gasteiger partial charge in [-0.2, -0.15) is 4.67 Å². The fourth-order valence-electron chi connectivity index (χ4n) is 5.92. The molecule has 0 aromatic heterocycles. The highest BCUT2D eigenvalue weighted by Crippen LogP contribution is 2.74. The highest BCUT2D eigenvalue weighted by atomic mass is 31.2. The Bertz CT molecular complexity index is 817. The van der Waals surface area contributed by atoms with E-state index in [1.165, 1.54) is 55.8 Å². The van der Waals surface area contributed by atoms with E-state index in [0.717, 1.165) is 18.4 Å². The number of hydrogen-bond acceptors (Lipinski definition) is 3. The second kappa shape index (κ2) is 7.36. The molecule has 0 spiro atoms. The van der Waals surface area contributed by atoms with E-state index in [1.807, 2.05) is 25.2 Å². The predicted molar refractivity (Wildman–Crippen MR) is 114 cm³/mol. The minimum absolute atomic E-state index is 0.116. The average molecular weight is 397 g/mol. The van der Waals surface area contributed by atoms with Crippen molar-refractivity contribution < 1.29 is 9.42 Å². The van der Waals surface area contributed by atoms with Crippen molar-refractivity contribution >= 4 is 7.87 Å². The topological polar surface area (TPSA) is 35.5 Å². The standard InChI is InChI=1S/C24H32NO2P/c1-17-24(18-10-4-3-5-11-18)27-28(26,25(17)2)23-16-19-12-6-7-13-20(19)21-14-8-9-15-22(21)23/h3-5,10-11,17,19,24H,6-9,12-16H2,1-2H3/t17-,19+,24-,28?/m0/s1. The van der Waals surface area contributed by atoms with Crippen molar-refractivity contribution in [2.24, 2.45) is 5.92 Å². The van der Waals surface area contributed by atoms with E-state index in [-0.39, 0.29) is 12.1 Å². The third-order valence-electron chi connectivity index (χ3n) is 7.55. The van der Waals surface area contributed by atoms with Gasteiger partial charge in [0.2, 0.25) is 7.87 Å². The van der Waals surface area contributed by atoms with Crippen LogP contribution in [0.5, 0.6) is 0 Å². The summed E-state index contributed by atoms with van der Waals surface area (Å²) in [6.45, 7) is 2.16. The Morgan fingerprint density at radius 2 is 1.71 bits per heavy atom. The lowest BCUT2D eigenvalue weighted by atomic mass is 9.71. The summed E-state index contributed by atoms with van der Waals surface area (Å²) in [5, 5.41) is 1.17. The summed E-state index contributed by atoms with van der Waals surface area (Å²) in [5.74, 6) is 0.606. The molecule has 3 nitrogen and oxygen atoms in total. The number of fused-ring (bicyclic) bond motifs is 2. The molecule has 0 N–H and O–H groups in total.